The number of hydrogen-bond donors (Lipinski definition) is 0. The molecule has 0 atom stereocenters. The van der Waals surface area contributed by atoms with Crippen LogP contribution in [0.25, 0.3) is 0 Å². The summed E-state index contributed by atoms with van der Waals surface area (Å²) in [4.78, 5) is 0. The van der Waals surface area contributed by atoms with Gasteiger partial charge in [0, 0.05) is 0 Å². The zero-order valence-corrected chi connectivity index (χ0v) is 7.76. The molecule has 0 saturated heterocycles. The molecule has 0 amide bonds. The van der Waals surface area contributed by atoms with Crippen LogP contribution in [0.3, 0.4) is 0 Å². The fraction of sp³-hybridized carbons (Fsp3) is 1.00. The molecule has 9 heavy (non-hydrogen) atoms. The van der Waals surface area contributed by atoms with Gasteiger partial charge in [0.15, 0.2) is 0 Å². The van der Waals surface area contributed by atoms with Crippen LogP contribution in [0.15, 0.2) is 0 Å². The molecule has 54 valence electrons. The van der Waals surface area contributed by atoms with Gasteiger partial charge in [0.1, 0.15) is 0 Å². The van der Waals surface area contributed by atoms with Gasteiger partial charge in [-0.25, -0.2) is 0 Å². The minimum atomic E-state index is 0. The van der Waals surface area contributed by atoms with Crippen molar-refractivity contribution in [3.63, 3.8) is 0 Å². The molecule has 0 spiro atoms. The molecule has 0 heterocycles. The van der Waals surface area contributed by atoms with Gasteiger partial charge in [-0.2, -0.15) is 0 Å². The Balaban J connectivity index is -0.000000320. The maximum atomic E-state index is 5.30. The molecule has 0 N–H and O–H groups in total. The number of rotatable bonds is 4. The average molecular weight is 144 g/mol. The Labute approximate surface area is 69.5 Å². The average Bonchev–Trinajstić information content (AvgIpc) is 1.95. The van der Waals surface area contributed by atoms with Gasteiger partial charge in [0.2, 0.25) is 0 Å². The molecule has 2 heteroatoms. The van der Waals surface area contributed by atoms with Crippen molar-refractivity contribution in [3.8, 4) is 0 Å². The Bertz CT molecular complexity index is 59.3. The molecule has 0 saturated carbocycles. The van der Waals surface area contributed by atoms with E-state index in [-0.39, 0.29) is 8.45 Å². The van der Waals surface area contributed by atoms with Crippen molar-refractivity contribution in [3.05, 3.63) is 0 Å². The molecule has 0 bridgehead atoms. The molecule has 0 aliphatic carbocycles. The van der Waals surface area contributed by atoms with Crippen LogP contribution in [0.1, 0.15) is 42.9 Å². The molecule has 0 fully saturated rings. The molecule has 0 aliphatic rings. The van der Waals surface area contributed by atoms with E-state index in [0.29, 0.717) is 0 Å². The maximum Gasteiger partial charge on any atom is -1.00 e. The molecule has 0 rings (SSSR count). The van der Waals surface area contributed by atoms with E-state index in [1.807, 2.05) is 0 Å². The second-order valence-electron chi connectivity index (χ2n) is 2.36. The van der Waals surface area contributed by atoms with Gasteiger partial charge in [0.05, 0.1) is 0 Å². The van der Waals surface area contributed by atoms with Gasteiger partial charge < -0.3 is 2.85 Å². The van der Waals surface area contributed by atoms with E-state index in [0.717, 1.165) is 19.3 Å². The molecular weight excluding hydrogens is 127 g/mol. The van der Waals surface area contributed by atoms with Crippen LogP contribution in [0.2, 0.25) is 0 Å². The molecular formula is C7H17AlO. The number of hydrogen-bond acceptors (Lipinski definition) is 1. The zero-order valence-electron chi connectivity index (χ0n) is 8.61. The van der Waals surface area contributed by atoms with Gasteiger partial charge in [0.25, 0.3) is 0 Å². The summed E-state index contributed by atoms with van der Waals surface area (Å²) in [5.74, 6) is 0. The summed E-state index contributed by atoms with van der Waals surface area (Å²) in [7, 11) is 0. The van der Waals surface area contributed by atoms with Crippen molar-refractivity contribution < 1.29 is 6.64 Å². The van der Waals surface area contributed by atoms with Crippen molar-refractivity contribution in [2.45, 2.75) is 45.6 Å². The van der Waals surface area contributed by atoms with Crippen molar-refractivity contribution in [1.82, 2.24) is 0 Å². The molecule has 0 aliphatic heterocycles. The van der Waals surface area contributed by atoms with E-state index in [2.05, 4.69) is 37.4 Å². The predicted molar refractivity (Wildman–Crippen MR) is 42.7 cm³/mol. The summed E-state index contributed by atoms with van der Waals surface area (Å²) in [6.45, 7) is 6.49. The summed E-state index contributed by atoms with van der Waals surface area (Å²) in [6.07, 6.45) is 3.30. The quantitative estimate of drug-likeness (QED) is 0.550. The molecule has 0 radical (unpaired) electrons. The topological polar surface area (TPSA) is 9.23 Å². The van der Waals surface area contributed by atoms with E-state index < -0.39 is 0 Å². The molecule has 1 nitrogen and oxygen atoms in total. The minimum absolute atomic E-state index is 0. The summed E-state index contributed by atoms with van der Waals surface area (Å²) in [5.41, 5.74) is 0.130. The van der Waals surface area contributed by atoms with Gasteiger partial charge >= 0.3 is 66.0 Å². The van der Waals surface area contributed by atoms with Gasteiger partial charge in [-0.3, -0.25) is 0 Å². The third kappa shape index (κ3) is 2.29. The first-order valence-electron chi connectivity index (χ1n) is 3.62. The van der Waals surface area contributed by atoms with Crippen molar-refractivity contribution >= 4 is 16.6 Å². The Morgan fingerprint density at radius 2 is 1.56 bits per heavy atom. The van der Waals surface area contributed by atoms with Crippen LogP contribution in [-0.2, 0) is 3.79 Å². The first kappa shape index (κ1) is 9.49. The van der Waals surface area contributed by atoms with Gasteiger partial charge in [-0.15, -0.1) is 0 Å². The van der Waals surface area contributed by atoms with Crippen LogP contribution < -0.4 is 0 Å². The molecule has 0 aromatic rings. The van der Waals surface area contributed by atoms with E-state index in [1.54, 1.807) is 0 Å². The standard InChI is InChI=1S/C7H15O.Al.2H/c1-4-7(8,5-2)6-3;;;/h4-6H2,1-3H3;;;/q-1;+3;2*-1. The maximum absolute atomic E-state index is 5.30. The van der Waals surface area contributed by atoms with Gasteiger partial charge in [-0.1, -0.05) is 0 Å². The van der Waals surface area contributed by atoms with Crippen LogP contribution in [0.5, 0.6) is 0 Å². The Hall–Kier alpha value is 0.492. The Morgan fingerprint density at radius 1 is 1.22 bits per heavy atom. The van der Waals surface area contributed by atoms with E-state index in [1.165, 1.54) is 0 Å². The van der Waals surface area contributed by atoms with Crippen molar-refractivity contribution in [2.75, 3.05) is 0 Å². The molecule has 0 unspecified atom stereocenters. The Morgan fingerprint density at radius 3 is 1.56 bits per heavy atom. The summed E-state index contributed by atoms with van der Waals surface area (Å²) in [5, 5.41) is 0. The second kappa shape index (κ2) is 4.33. The monoisotopic (exact) mass is 144 g/mol. The fourth-order valence-corrected chi connectivity index (χ4v) is 1.50. The summed E-state index contributed by atoms with van der Waals surface area (Å²) in [6, 6.07) is 0. The largest absolute Gasteiger partial charge is 1.00 e. The van der Waals surface area contributed by atoms with Crippen LogP contribution in [0.4, 0.5) is 0 Å². The smallest absolute Gasteiger partial charge is 1.00 e. The van der Waals surface area contributed by atoms with Crippen molar-refractivity contribution in [2.24, 2.45) is 0 Å². The van der Waals surface area contributed by atoms with E-state index >= 15 is 0 Å². The first-order chi connectivity index (χ1) is 4.24. The first-order valence-corrected chi connectivity index (χ1v) is 4.09. The van der Waals surface area contributed by atoms with Gasteiger partial charge in [-0.05, 0) is 0 Å². The van der Waals surface area contributed by atoms with Crippen LogP contribution in [-0.4, -0.2) is 22.2 Å². The third-order valence-corrected chi connectivity index (χ3v) is 2.68. The minimum Gasteiger partial charge on any atom is -1.00 e. The predicted octanol–water partition coefficient (Wildman–Crippen LogP) is 2.28. The van der Waals surface area contributed by atoms with Crippen LogP contribution in [0, 0.1) is 0 Å². The Kier molecular flexibility index (Phi) is 4.57. The second-order valence-corrected chi connectivity index (χ2v) is 2.60. The van der Waals surface area contributed by atoms with Crippen LogP contribution >= 0.6 is 0 Å². The zero-order chi connectivity index (χ0) is 7.33. The summed E-state index contributed by atoms with van der Waals surface area (Å²) >= 11 is 2.36. The fourth-order valence-electron chi connectivity index (χ4n) is 1.00. The van der Waals surface area contributed by atoms with Crippen molar-refractivity contribution in [1.29, 1.82) is 0 Å². The molecule has 0 aromatic heterocycles. The SMILES string of the molecule is CCC(CC)(CC)[O][Al+2].[H-].[H-]. The van der Waals surface area contributed by atoms with E-state index in [9.17, 15) is 0 Å². The normalized spacial score (nSPS) is 12.1. The van der Waals surface area contributed by atoms with E-state index in [4.69, 9.17) is 3.79 Å². The molecule has 0 aromatic carbocycles. The third-order valence-electron chi connectivity index (χ3n) is 2.18. The summed E-state index contributed by atoms with van der Waals surface area (Å²) < 4.78 is 5.30.